The van der Waals surface area contributed by atoms with Crippen LogP contribution in [0, 0.1) is 12.3 Å². The molecule has 1 aromatic rings. The fourth-order valence-electron chi connectivity index (χ4n) is 3.03. The number of rotatable bonds is 5. The van der Waals surface area contributed by atoms with E-state index in [4.69, 9.17) is 4.98 Å². The van der Waals surface area contributed by atoms with Gasteiger partial charge in [0.05, 0.1) is 0 Å². The summed E-state index contributed by atoms with van der Waals surface area (Å²) in [5.41, 5.74) is 1.58. The maximum absolute atomic E-state index is 4.72. The molecule has 1 fully saturated rings. The van der Waals surface area contributed by atoms with Crippen molar-refractivity contribution in [1.29, 1.82) is 0 Å². The summed E-state index contributed by atoms with van der Waals surface area (Å²) in [5, 5.41) is 6.83. The number of nitrogens with one attached hydrogen (secondary N) is 2. The second kappa shape index (κ2) is 5.98. The first kappa shape index (κ1) is 15.1. The SMILES string of the molecule is CCCc1nc(NC)c(C)c(NC2CCC(C)(C)C2)n1. The number of hydrogen-bond donors (Lipinski definition) is 2. The summed E-state index contributed by atoms with van der Waals surface area (Å²) in [6.07, 6.45) is 5.74. The van der Waals surface area contributed by atoms with Crippen molar-refractivity contribution in [2.45, 2.75) is 65.8 Å². The van der Waals surface area contributed by atoms with Gasteiger partial charge in [0.25, 0.3) is 0 Å². The average Bonchev–Trinajstić information content (AvgIpc) is 2.73. The topological polar surface area (TPSA) is 49.8 Å². The summed E-state index contributed by atoms with van der Waals surface area (Å²) in [4.78, 5) is 9.30. The molecule has 1 unspecified atom stereocenters. The van der Waals surface area contributed by atoms with Gasteiger partial charge < -0.3 is 10.6 Å². The van der Waals surface area contributed by atoms with Crippen LogP contribution < -0.4 is 10.6 Å². The molecular weight excluding hydrogens is 248 g/mol. The minimum Gasteiger partial charge on any atom is -0.373 e. The van der Waals surface area contributed by atoms with Gasteiger partial charge in [0.2, 0.25) is 0 Å². The zero-order valence-electron chi connectivity index (χ0n) is 13.5. The van der Waals surface area contributed by atoms with Crippen molar-refractivity contribution >= 4 is 11.6 Å². The Balaban J connectivity index is 2.19. The minimum atomic E-state index is 0.455. The normalized spacial score (nSPS) is 20.9. The maximum Gasteiger partial charge on any atom is 0.134 e. The minimum absolute atomic E-state index is 0.455. The molecule has 4 heteroatoms. The second-order valence-corrected chi connectivity index (χ2v) is 6.71. The lowest BCUT2D eigenvalue weighted by atomic mass is 9.92. The van der Waals surface area contributed by atoms with Crippen molar-refractivity contribution < 1.29 is 0 Å². The van der Waals surface area contributed by atoms with Crippen molar-refractivity contribution in [3.63, 3.8) is 0 Å². The molecule has 4 nitrogen and oxygen atoms in total. The van der Waals surface area contributed by atoms with Gasteiger partial charge in [-0.2, -0.15) is 0 Å². The largest absolute Gasteiger partial charge is 0.373 e. The van der Waals surface area contributed by atoms with Gasteiger partial charge in [0.1, 0.15) is 17.5 Å². The van der Waals surface area contributed by atoms with Crippen LogP contribution in [-0.4, -0.2) is 23.1 Å². The van der Waals surface area contributed by atoms with Gasteiger partial charge >= 0.3 is 0 Å². The van der Waals surface area contributed by atoms with Crippen LogP contribution in [0.1, 0.15) is 57.8 Å². The van der Waals surface area contributed by atoms with E-state index in [2.05, 4.69) is 43.3 Å². The molecule has 0 amide bonds. The molecule has 0 bridgehead atoms. The third kappa shape index (κ3) is 3.41. The number of nitrogens with zero attached hydrogens (tertiary/aromatic N) is 2. The zero-order valence-corrected chi connectivity index (χ0v) is 13.5. The Kier molecular flexibility index (Phi) is 4.51. The van der Waals surface area contributed by atoms with E-state index >= 15 is 0 Å². The van der Waals surface area contributed by atoms with Gasteiger partial charge in [-0.05, 0) is 38.0 Å². The first-order valence-corrected chi connectivity index (χ1v) is 7.77. The van der Waals surface area contributed by atoms with E-state index < -0.39 is 0 Å². The fourth-order valence-corrected chi connectivity index (χ4v) is 3.03. The average molecular weight is 276 g/mol. The number of aromatic nitrogens is 2. The van der Waals surface area contributed by atoms with Crippen molar-refractivity contribution in [2.24, 2.45) is 5.41 Å². The molecule has 20 heavy (non-hydrogen) atoms. The lowest BCUT2D eigenvalue weighted by Gasteiger charge is -2.20. The van der Waals surface area contributed by atoms with E-state index in [1.807, 2.05) is 7.05 Å². The summed E-state index contributed by atoms with van der Waals surface area (Å²) in [7, 11) is 1.92. The van der Waals surface area contributed by atoms with Crippen LogP contribution in [0.15, 0.2) is 0 Å². The molecule has 0 saturated heterocycles. The van der Waals surface area contributed by atoms with Crippen LogP contribution in [0.2, 0.25) is 0 Å². The molecule has 1 aromatic heterocycles. The van der Waals surface area contributed by atoms with Crippen molar-refractivity contribution in [1.82, 2.24) is 9.97 Å². The van der Waals surface area contributed by atoms with Gasteiger partial charge in [0.15, 0.2) is 0 Å². The van der Waals surface area contributed by atoms with Crippen molar-refractivity contribution in [3.8, 4) is 0 Å². The number of aryl methyl sites for hydroxylation is 1. The molecular formula is C16H28N4. The lowest BCUT2D eigenvalue weighted by molar-refractivity contribution is 0.378. The lowest BCUT2D eigenvalue weighted by Crippen LogP contribution is -2.20. The van der Waals surface area contributed by atoms with Crippen molar-refractivity contribution in [3.05, 3.63) is 11.4 Å². The maximum atomic E-state index is 4.72. The molecule has 1 heterocycles. The van der Waals surface area contributed by atoms with E-state index in [1.165, 1.54) is 19.3 Å². The standard InChI is InChI=1S/C16H28N4/c1-6-7-13-19-14(17-5)11(2)15(20-13)18-12-8-9-16(3,4)10-12/h12H,6-10H2,1-5H3,(H2,17,18,19,20). The Morgan fingerprint density at radius 1 is 1.25 bits per heavy atom. The van der Waals surface area contributed by atoms with Crippen LogP contribution in [0.5, 0.6) is 0 Å². The Morgan fingerprint density at radius 2 is 1.95 bits per heavy atom. The van der Waals surface area contributed by atoms with E-state index in [9.17, 15) is 0 Å². The molecule has 0 aliphatic heterocycles. The van der Waals surface area contributed by atoms with E-state index in [0.29, 0.717) is 11.5 Å². The van der Waals surface area contributed by atoms with Gasteiger partial charge in [0, 0.05) is 25.1 Å². The summed E-state index contributed by atoms with van der Waals surface area (Å²) in [6.45, 7) is 8.95. The van der Waals surface area contributed by atoms with Gasteiger partial charge in [-0.25, -0.2) is 9.97 Å². The molecule has 112 valence electrons. The van der Waals surface area contributed by atoms with E-state index in [-0.39, 0.29) is 0 Å². The highest BCUT2D eigenvalue weighted by atomic mass is 15.1. The Bertz CT molecular complexity index is 468. The molecule has 2 rings (SSSR count). The van der Waals surface area contributed by atoms with Crippen LogP contribution in [-0.2, 0) is 6.42 Å². The quantitative estimate of drug-likeness (QED) is 0.859. The Labute approximate surface area is 122 Å². The van der Waals surface area contributed by atoms with E-state index in [0.717, 1.165) is 35.9 Å². The van der Waals surface area contributed by atoms with Gasteiger partial charge in [-0.1, -0.05) is 20.8 Å². The van der Waals surface area contributed by atoms with Crippen LogP contribution in [0.4, 0.5) is 11.6 Å². The molecule has 0 spiro atoms. The second-order valence-electron chi connectivity index (χ2n) is 6.71. The molecule has 1 aliphatic carbocycles. The monoisotopic (exact) mass is 276 g/mol. The molecule has 1 atom stereocenters. The third-order valence-electron chi connectivity index (χ3n) is 4.21. The summed E-state index contributed by atoms with van der Waals surface area (Å²) < 4.78 is 0. The van der Waals surface area contributed by atoms with Crippen LogP contribution >= 0.6 is 0 Å². The third-order valence-corrected chi connectivity index (χ3v) is 4.21. The molecule has 1 aliphatic rings. The highest BCUT2D eigenvalue weighted by Crippen LogP contribution is 2.38. The Morgan fingerprint density at radius 3 is 2.50 bits per heavy atom. The highest BCUT2D eigenvalue weighted by molar-refractivity contribution is 5.57. The molecule has 1 saturated carbocycles. The summed E-state index contributed by atoms with van der Waals surface area (Å²) >= 11 is 0. The summed E-state index contributed by atoms with van der Waals surface area (Å²) in [6, 6.07) is 0.540. The predicted octanol–water partition coefficient (Wildman–Crippen LogP) is 3.77. The number of anilines is 2. The van der Waals surface area contributed by atoms with Gasteiger partial charge in [-0.3, -0.25) is 0 Å². The Hall–Kier alpha value is -1.32. The molecule has 0 radical (unpaired) electrons. The zero-order chi connectivity index (χ0) is 14.8. The molecule has 2 N–H and O–H groups in total. The first-order valence-electron chi connectivity index (χ1n) is 7.77. The van der Waals surface area contributed by atoms with Crippen LogP contribution in [0.25, 0.3) is 0 Å². The van der Waals surface area contributed by atoms with Crippen molar-refractivity contribution in [2.75, 3.05) is 17.7 Å². The molecule has 0 aromatic carbocycles. The number of hydrogen-bond acceptors (Lipinski definition) is 4. The summed E-state index contributed by atoms with van der Waals surface area (Å²) in [5.74, 6) is 2.89. The smallest absolute Gasteiger partial charge is 0.134 e. The predicted molar refractivity (Wildman–Crippen MR) is 85.4 cm³/mol. The highest BCUT2D eigenvalue weighted by Gasteiger charge is 2.31. The van der Waals surface area contributed by atoms with E-state index in [1.54, 1.807) is 0 Å². The van der Waals surface area contributed by atoms with Crippen LogP contribution in [0.3, 0.4) is 0 Å². The fraction of sp³-hybridized carbons (Fsp3) is 0.750. The first-order chi connectivity index (χ1) is 9.45. The van der Waals surface area contributed by atoms with Gasteiger partial charge in [-0.15, -0.1) is 0 Å².